The number of nitrogens with zero attached hydrogens (tertiary/aromatic N) is 4. The van der Waals surface area contributed by atoms with Crippen LogP contribution in [0.25, 0.3) is 43.6 Å². The van der Waals surface area contributed by atoms with Crippen LogP contribution in [0.4, 0.5) is 0 Å². The van der Waals surface area contributed by atoms with Crippen LogP contribution in [0.3, 0.4) is 0 Å². The third-order valence-corrected chi connectivity index (χ3v) is 5.81. The Morgan fingerprint density at radius 2 is 0.632 bits per heavy atom. The summed E-state index contributed by atoms with van der Waals surface area (Å²) < 4.78 is 4.48. The topological polar surface area (TPSA) is 140 Å². The maximum Gasteiger partial charge on any atom is 0.212 e. The normalized spacial score (nSPS) is 9.95. The Hall–Kier alpha value is -5.38. The van der Waals surface area contributed by atoms with Crippen molar-refractivity contribution in [2.45, 2.75) is 0 Å². The van der Waals surface area contributed by atoms with Gasteiger partial charge in [0.05, 0.1) is 10.2 Å². The van der Waals surface area contributed by atoms with Crippen molar-refractivity contribution < 1.29 is 19.3 Å². The summed E-state index contributed by atoms with van der Waals surface area (Å²) in [4.78, 5) is 16.5. The number of aromatic nitrogens is 2. The fourth-order valence-electron chi connectivity index (χ4n) is 4.25. The Bertz CT molecular complexity index is 1490. The molecule has 0 N–H and O–H groups in total. The van der Waals surface area contributed by atoms with E-state index in [9.17, 15) is 0 Å². The second-order valence-corrected chi connectivity index (χ2v) is 8.09. The summed E-state index contributed by atoms with van der Waals surface area (Å²) in [7, 11) is 4.23. The van der Waals surface area contributed by atoms with Gasteiger partial charge in [0.25, 0.3) is 0 Å². The van der Waals surface area contributed by atoms with Crippen LogP contribution in [0, 0.1) is 30.6 Å². The molecule has 10 heteroatoms. The van der Waals surface area contributed by atoms with Crippen molar-refractivity contribution >= 4 is 43.6 Å². The van der Waals surface area contributed by atoms with E-state index < -0.39 is 10.2 Å². The van der Waals surface area contributed by atoms with Crippen LogP contribution in [-0.2, 0) is 14.1 Å². The molecule has 0 atom stereocenters. The summed E-state index contributed by atoms with van der Waals surface area (Å²) in [6.45, 7) is 0. The molecule has 0 fully saturated rings. The first-order chi connectivity index (χ1) is 18.2. The van der Waals surface area contributed by atoms with Crippen LogP contribution in [0.2, 0.25) is 0 Å². The van der Waals surface area contributed by atoms with Gasteiger partial charge in [-0.15, -0.1) is 0 Å². The lowest BCUT2D eigenvalue weighted by molar-refractivity contribution is -0.617. The molecule has 4 aromatic carbocycles. The first-order valence-electron chi connectivity index (χ1n) is 11.3. The Morgan fingerprint density at radius 1 is 0.447 bits per heavy atom. The molecule has 2 heterocycles. The summed E-state index contributed by atoms with van der Waals surface area (Å²) >= 11 is 0. The van der Waals surface area contributed by atoms with Crippen molar-refractivity contribution in [3.8, 4) is 0 Å². The summed E-state index contributed by atoms with van der Waals surface area (Å²) in [6, 6.07) is 38.4. The number of hydrogen-bond acceptors (Lipinski definition) is 6. The highest BCUT2D eigenvalue weighted by molar-refractivity contribution is 5.89. The molecule has 2 aromatic heterocycles. The molecule has 192 valence electrons. The number of rotatable bonds is 0. The fourth-order valence-corrected chi connectivity index (χ4v) is 4.25. The number of pyridine rings is 2. The van der Waals surface area contributed by atoms with Crippen LogP contribution in [0.1, 0.15) is 0 Å². The molecule has 6 aromatic rings. The number of benzene rings is 4. The predicted octanol–water partition coefficient (Wildman–Crippen LogP) is 5.16. The van der Waals surface area contributed by atoms with E-state index in [4.69, 9.17) is 30.6 Å². The molecule has 0 aliphatic rings. The molecule has 0 saturated heterocycles. The average molecular weight is 513 g/mol. The van der Waals surface area contributed by atoms with E-state index in [0.717, 1.165) is 0 Å². The van der Waals surface area contributed by atoms with Crippen molar-refractivity contribution in [3.63, 3.8) is 0 Å². The number of hydrogen-bond donors (Lipinski definition) is 0. The fraction of sp³-hybridized carbons (Fsp3) is 0.0714. The van der Waals surface area contributed by atoms with Crippen LogP contribution < -0.4 is 9.13 Å². The molecule has 6 rings (SSSR count). The van der Waals surface area contributed by atoms with E-state index in [0.29, 0.717) is 0 Å². The molecule has 0 unspecified atom stereocenters. The molecule has 0 radical (unpaired) electrons. The van der Waals surface area contributed by atoms with Crippen LogP contribution in [-0.4, -0.2) is 10.2 Å². The number of fused-ring (bicyclic) bond motifs is 4. The van der Waals surface area contributed by atoms with Gasteiger partial charge in [-0.3, -0.25) is 0 Å². The van der Waals surface area contributed by atoms with Gasteiger partial charge in [-0.05, 0) is 36.4 Å². The molecule has 0 amide bonds. The smallest absolute Gasteiger partial charge is 0.212 e. The molecule has 0 bridgehead atoms. The van der Waals surface area contributed by atoms with Gasteiger partial charge < -0.3 is 30.6 Å². The lowest BCUT2D eigenvalue weighted by Crippen LogP contribution is -2.29. The van der Waals surface area contributed by atoms with E-state index in [-0.39, 0.29) is 0 Å². The van der Waals surface area contributed by atoms with Crippen LogP contribution >= 0.6 is 0 Å². The average Bonchev–Trinajstić information content (AvgIpc) is 2.89. The number of para-hydroxylation sites is 4. The van der Waals surface area contributed by atoms with Crippen molar-refractivity contribution in [1.29, 1.82) is 0 Å². The first-order valence-corrected chi connectivity index (χ1v) is 11.3. The van der Waals surface area contributed by atoms with E-state index >= 15 is 0 Å². The SMILES string of the molecule is C[n+]1c2ccccc2cc2ccccc21.C[n+]1c2ccccc2cc2ccccc21.O=[N+]([O-])[O-].O=[N+]([O-])[O-]. The van der Waals surface area contributed by atoms with E-state index in [1.54, 1.807) is 0 Å². The maximum atomic E-state index is 8.25. The van der Waals surface area contributed by atoms with E-state index in [1.807, 2.05) is 0 Å². The van der Waals surface area contributed by atoms with Gasteiger partial charge in [-0.1, -0.05) is 48.5 Å². The molecule has 0 aliphatic carbocycles. The highest BCUT2D eigenvalue weighted by atomic mass is 16.9. The monoisotopic (exact) mass is 512 g/mol. The van der Waals surface area contributed by atoms with E-state index in [2.05, 4.69) is 132 Å². The molecule has 0 aliphatic heterocycles. The van der Waals surface area contributed by atoms with Crippen LogP contribution in [0.5, 0.6) is 0 Å². The van der Waals surface area contributed by atoms with Gasteiger partial charge in [-0.2, -0.15) is 9.13 Å². The lowest BCUT2D eigenvalue weighted by atomic mass is 10.1. The zero-order chi connectivity index (χ0) is 27.7. The minimum atomic E-state index is -1.75. The van der Waals surface area contributed by atoms with Gasteiger partial charge >= 0.3 is 0 Å². The third-order valence-electron chi connectivity index (χ3n) is 5.81. The van der Waals surface area contributed by atoms with E-state index in [1.165, 1.54) is 43.6 Å². The Kier molecular flexibility index (Phi) is 8.98. The van der Waals surface area contributed by atoms with Crippen LogP contribution in [0.15, 0.2) is 109 Å². The Balaban J connectivity index is 0.000000165. The zero-order valence-corrected chi connectivity index (χ0v) is 20.6. The quantitative estimate of drug-likeness (QED) is 0.119. The molecular weight excluding hydrogens is 488 g/mol. The maximum absolute atomic E-state index is 8.25. The zero-order valence-electron chi connectivity index (χ0n) is 20.6. The molecule has 0 saturated carbocycles. The highest BCUT2D eigenvalue weighted by Crippen LogP contribution is 2.18. The summed E-state index contributed by atoms with van der Waals surface area (Å²) in [5.41, 5.74) is 5.10. The summed E-state index contributed by atoms with van der Waals surface area (Å²) in [5, 5.41) is 34.7. The third kappa shape index (κ3) is 6.85. The highest BCUT2D eigenvalue weighted by Gasteiger charge is 2.10. The Morgan fingerprint density at radius 3 is 0.842 bits per heavy atom. The van der Waals surface area contributed by atoms with Crippen molar-refractivity contribution in [2.24, 2.45) is 14.1 Å². The van der Waals surface area contributed by atoms with Gasteiger partial charge in [0.15, 0.2) is 0 Å². The molecule has 0 spiro atoms. The minimum absolute atomic E-state index is 1.27. The predicted molar refractivity (Wildman–Crippen MR) is 146 cm³/mol. The van der Waals surface area contributed by atoms with Gasteiger partial charge in [0, 0.05) is 45.8 Å². The first kappa shape index (κ1) is 27.2. The second kappa shape index (κ2) is 12.5. The van der Waals surface area contributed by atoms with Crippen molar-refractivity contribution in [1.82, 2.24) is 0 Å². The standard InChI is InChI=1S/2C14H12N.2NO3/c2*1-15-13-8-4-2-6-11(13)10-12-7-3-5-9-14(12)15;2*2-1(3)4/h2*2-10H,1H3;;/q2*+1;2*-1. The van der Waals surface area contributed by atoms with Gasteiger partial charge in [0.1, 0.15) is 14.1 Å². The van der Waals surface area contributed by atoms with Gasteiger partial charge in [0.2, 0.25) is 22.1 Å². The minimum Gasteiger partial charge on any atom is -0.356 e. The van der Waals surface area contributed by atoms with Crippen molar-refractivity contribution in [2.75, 3.05) is 0 Å². The summed E-state index contributed by atoms with van der Waals surface area (Å²) in [5.74, 6) is 0. The summed E-state index contributed by atoms with van der Waals surface area (Å²) in [6.07, 6.45) is 0. The van der Waals surface area contributed by atoms with Gasteiger partial charge in [-0.25, -0.2) is 0 Å². The largest absolute Gasteiger partial charge is 0.356 e. The Labute approximate surface area is 217 Å². The number of aryl methyl sites for hydroxylation is 2. The molecule has 38 heavy (non-hydrogen) atoms. The lowest BCUT2D eigenvalue weighted by Gasteiger charge is -2.00. The van der Waals surface area contributed by atoms with Crippen molar-refractivity contribution in [3.05, 3.63) is 140 Å². The molecular formula is C28H24N4O6. The molecule has 10 nitrogen and oxygen atoms in total. The second-order valence-electron chi connectivity index (χ2n) is 8.09.